The van der Waals surface area contributed by atoms with Gasteiger partial charge in [-0.05, 0) is 25.7 Å². The molecule has 0 amide bonds. The van der Waals surface area contributed by atoms with Crippen molar-refractivity contribution in [2.75, 3.05) is 34.1 Å². The predicted octanol–water partition coefficient (Wildman–Crippen LogP) is 2.62. The van der Waals surface area contributed by atoms with Gasteiger partial charge in [-0.2, -0.15) is 0 Å². The fourth-order valence-electron chi connectivity index (χ4n) is 2.35. The Balaban J connectivity index is 0.00000171. The lowest BCUT2D eigenvalue weighted by atomic mass is 10.2. The summed E-state index contributed by atoms with van der Waals surface area (Å²) in [5.41, 5.74) is 0.520. The smallest absolute Gasteiger partial charge is 0.328 e. The molecule has 11 heteroatoms. The van der Waals surface area contributed by atoms with Crippen LogP contribution in [0, 0.1) is 17.5 Å². The van der Waals surface area contributed by atoms with E-state index in [0.717, 1.165) is 26.2 Å². The van der Waals surface area contributed by atoms with Gasteiger partial charge in [0, 0.05) is 32.6 Å². The monoisotopic (exact) mass is 440 g/mol. The van der Waals surface area contributed by atoms with E-state index in [-0.39, 0.29) is 30.5 Å². The van der Waals surface area contributed by atoms with E-state index in [1.54, 1.807) is 6.20 Å². The van der Waals surface area contributed by atoms with Crippen LogP contribution in [-0.2, 0) is 18.3 Å². The lowest BCUT2D eigenvalue weighted by Crippen LogP contribution is -2.28. The minimum absolute atomic E-state index is 0.180. The molecule has 3 unspecified atom stereocenters. The normalized spacial score (nSPS) is 20.6. The molecule has 0 bridgehead atoms. The van der Waals surface area contributed by atoms with Crippen LogP contribution in [0.2, 0.25) is 0 Å². The lowest BCUT2D eigenvalue weighted by molar-refractivity contribution is -0.0224. The largest absolute Gasteiger partial charge is 0.400 e. The standard InChI is InChI=1S/C15H25N2O5PS.2CH4O/c1-10(2)8-20-23(4,19)21-9-12-5-6-13(22-12)17-7-11(3)14(24)16-15(17)18;2*1-2/h7,10,12-13H,5-6,8-9H2,1-4H3,(H,16,18,24);2*2H,1H3. The Labute approximate surface area is 171 Å². The zero-order chi connectivity index (χ0) is 21.9. The highest BCUT2D eigenvalue weighted by Crippen LogP contribution is 2.45. The number of nitrogens with zero attached hydrogens (tertiary/aromatic N) is 1. The molecule has 3 N–H and O–H groups in total. The molecular weight excluding hydrogens is 407 g/mol. The van der Waals surface area contributed by atoms with Crippen LogP contribution in [0.25, 0.3) is 0 Å². The summed E-state index contributed by atoms with van der Waals surface area (Å²) < 4.78 is 30.7. The van der Waals surface area contributed by atoms with Crippen molar-refractivity contribution in [3.05, 3.63) is 26.9 Å². The first kappa shape index (κ1) is 27.1. The second-order valence-electron chi connectivity index (χ2n) is 6.53. The van der Waals surface area contributed by atoms with Gasteiger partial charge in [-0.25, -0.2) is 4.79 Å². The van der Waals surface area contributed by atoms with E-state index in [4.69, 9.17) is 36.2 Å². The SMILES string of the molecule is CO.CO.Cc1cn(C2CCC(COP(C)(=O)OCC(C)C)O2)c(=O)[nH]c1=S. The van der Waals surface area contributed by atoms with Crippen LogP contribution in [0.4, 0.5) is 0 Å². The molecule has 1 aliphatic heterocycles. The number of nitrogens with one attached hydrogen (secondary N) is 1. The van der Waals surface area contributed by atoms with Crippen molar-refractivity contribution < 1.29 is 28.6 Å². The summed E-state index contributed by atoms with van der Waals surface area (Å²) in [4.78, 5) is 14.6. The molecule has 0 aromatic carbocycles. The van der Waals surface area contributed by atoms with Crippen LogP contribution in [0.15, 0.2) is 11.0 Å². The van der Waals surface area contributed by atoms with Crippen LogP contribution < -0.4 is 5.69 Å². The fraction of sp³-hybridized carbons (Fsp3) is 0.765. The van der Waals surface area contributed by atoms with Crippen molar-refractivity contribution in [1.82, 2.24) is 9.55 Å². The molecule has 1 fully saturated rings. The van der Waals surface area contributed by atoms with Gasteiger partial charge in [0.1, 0.15) is 10.9 Å². The Bertz CT molecular complexity index is 735. The summed E-state index contributed by atoms with van der Waals surface area (Å²) in [6, 6.07) is 0. The van der Waals surface area contributed by atoms with Gasteiger partial charge < -0.3 is 24.0 Å². The van der Waals surface area contributed by atoms with Gasteiger partial charge in [0.25, 0.3) is 0 Å². The molecule has 1 aromatic heterocycles. The van der Waals surface area contributed by atoms with Crippen LogP contribution in [0.1, 0.15) is 38.5 Å². The number of hydrogen-bond acceptors (Lipinski definition) is 8. The lowest BCUT2D eigenvalue weighted by Gasteiger charge is -2.19. The van der Waals surface area contributed by atoms with Crippen LogP contribution >= 0.6 is 19.8 Å². The number of hydrogen-bond donors (Lipinski definition) is 3. The van der Waals surface area contributed by atoms with Crippen molar-refractivity contribution in [2.24, 2.45) is 5.92 Å². The second-order valence-corrected chi connectivity index (χ2v) is 8.99. The topological polar surface area (TPSA) is 123 Å². The number of aromatic amines is 1. The molecule has 0 aliphatic carbocycles. The fourth-order valence-corrected chi connectivity index (χ4v) is 3.57. The summed E-state index contributed by atoms with van der Waals surface area (Å²) in [7, 11) is -1.08. The van der Waals surface area contributed by atoms with Gasteiger partial charge in [0.2, 0.25) is 0 Å². The molecule has 2 heterocycles. The summed E-state index contributed by atoms with van der Waals surface area (Å²) in [6.45, 7) is 7.83. The molecule has 1 aromatic rings. The average molecular weight is 440 g/mol. The first-order valence-electron chi connectivity index (χ1n) is 8.91. The highest BCUT2D eigenvalue weighted by molar-refractivity contribution is 7.71. The third-order valence-corrected chi connectivity index (χ3v) is 5.34. The maximum Gasteiger partial charge on any atom is 0.328 e. The van der Waals surface area contributed by atoms with Gasteiger partial charge in [-0.3, -0.25) is 14.1 Å². The molecule has 0 spiro atoms. The van der Waals surface area contributed by atoms with E-state index in [9.17, 15) is 9.36 Å². The molecular formula is C17H33N2O7PS. The molecule has 0 radical (unpaired) electrons. The quantitative estimate of drug-likeness (QED) is 0.437. The summed E-state index contributed by atoms with van der Waals surface area (Å²) in [5, 5.41) is 14.0. The first-order valence-corrected chi connectivity index (χ1v) is 11.3. The van der Waals surface area contributed by atoms with E-state index in [0.29, 0.717) is 17.7 Å². The Kier molecular flexibility index (Phi) is 13.0. The minimum Gasteiger partial charge on any atom is -0.400 e. The van der Waals surface area contributed by atoms with Crippen molar-refractivity contribution >= 4 is 19.8 Å². The van der Waals surface area contributed by atoms with Crippen LogP contribution in [-0.4, -0.2) is 60.0 Å². The zero-order valence-electron chi connectivity index (χ0n) is 17.4. The predicted molar refractivity (Wildman–Crippen MR) is 110 cm³/mol. The van der Waals surface area contributed by atoms with Crippen molar-refractivity contribution in [2.45, 2.75) is 45.9 Å². The number of H-pyrrole nitrogens is 1. The second kappa shape index (κ2) is 13.4. The third-order valence-electron chi connectivity index (χ3n) is 3.68. The number of aryl methyl sites for hydroxylation is 1. The van der Waals surface area contributed by atoms with E-state index < -0.39 is 7.60 Å². The molecule has 1 aliphatic rings. The van der Waals surface area contributed by atoms with Gasteiger partial charge in [0.05, 0.1) is 19.3 Å². The zero-order valence-corrected chi connectivity index (χ0v) is 19.1. The maximum absolute atomic E-state index is 12.2. The van der Waals surface area contributed by atoms with E-state index in [1.807, 2.05) is 20.8 Å². The Hall–Kier alpha value is -0.870. The molecule has 164 valence electrons. The molecule has 1 saturated heterocycles. The molecule has 9 nitrogen and oxygen atoms in total. The van der Waals surface area contributed by atoms with Crippen molar-refractivity contribution in [3.8, 4) is 0 Å². The van der Waals surface area contributed by atoms with E-state index >= 15 is 0 Å². The molecule has 3 atom stereocenters. The molecule has 2 rings (SSSR count). The maximum atomic E-state index is 12.2. The number of ether oxygens (including phenoxy) is 1. The van der Waals surface area contributed by atoms with Crippen LogP contribution in [0.5, 0.6) is 0 Å². The highest BCUT2D eigenvalue weighted by atomic mass is 32.1. The van der Waals surface area contributed by atoms with Crippen molar-refractivity contribution in [1.29, 1.82) is 0 Å². The van der Waals surface area contributed by atoms with E-state index in [2.05, 4.69) is 4.98 Å². The van der Waals surface area contributed by atoms with Gasteiger partial charge in [-0.15, -0.1) is 0 Å². The Morgan fingerprint density at radius 1 is 1.32 bits per heavy atom. The number of aliphatic hydroxyl groups excluding tert-OH is 2. The van der Waals surface area contributed by atoms with Gasteiger partial charge in [-0.1, -0.05) is 26.1 Å². The number of aromatic nitrogens is 2. The number of rotatable bonds is 7. The summed E-state index contributed by atoms with van der Waals surface area (Å²) in [6.07, 6.45) is 2.51. The summed E-state index contributed by atoms with van der Waals surface area (Å²) >= 11 is 5.05. The molecule has 28 heavy (non-hydrogen) atoms. The molecule has 0 saturated carbocycles. The summed E-state index contributed by atoms with van der Waals surface area (Å²) in [5.74, 6) is 0.285. The minimum atomic E-state index is -3.08. The first-order chi connectivity index (χ1) is 13.2. The third kappa shape index (κ3) is 9.09. The average Bonchev–Trinajstić information content (AvgIpc) is 3.14. The number of aliphatic hydroxyl groups is 2. The Morgan fingerprint density at radius 2 is 1.93 bits per heavy atom. The highest BCUT2D eigenvalue weighted by Gasteiger charge is 2.29. The van der Waals surface area contributed by atoms with Gasteiger partial charge >= 0.3 is 13.3 Å². The van der Waals surface area contributed by atoms with Crippen molar-refractivity contribution in [3.63, 3.8) is 0 Å². The van der Waals surface area contributed by atoms with Gasteiger partial charge in [0.15, 0.2) is 0 Å². The van der Waals surface area contributed by atoms with Crippen LogP contribution in [0.3, 0.4) is 0 Å². The van der Waals surface area contributed by atoms with E-state index in [1.165, 1.54) is 11.2 Å². The Morgan fingerprint density at radius 3 is 2.50 bits per heavy atom.